The van der Waals surface area contributed by atoms with Gasteiger partial charge in [-0.25, -0.2) is 9.37 Å². The number of thiazole rings is 1. The number of carbonyl (C=O) groups is 1. The Morgan fingerprint density at radius 1 is 1.31 bits per heavy atom. The first-order valence-corrected chi connectivity index (χ1v) is 10.3. The molecule has 0 unspecified atom stereocenters. The van der Waals surface area contributed by atoms with Crippen molar-refractivity contribution < 1.29 is 13.9 Å². The number of thioether (sulfide) groups is 1. The average molecular weight is 388 g/mol. The van der Waals surface area contributed by atoms with Crippen LogP contribution in [0.4, 0.5) is 9.52 Å². The zero-order chi connectivity index (χ0) is 18.1. The van der Waals surface area contributed by atoms with Gasteiger partial charge in [-0.05, 0) is 42.2 Å². The van der Waals surface area contributed by atoms with E-state index in [1.54, 1.807) is 17.8 Å². The predicted octanol–water partition coefficient (Wildman–Crippen LogP) is 4.13. The SMILES string of the molecule is CSc1ccc(CC(=O)OC2CN(c3nc4ccc(F)cc4s3)C2)cc1. The summed E-state index contributed by atoms with van der Waals surface area (Å²) >= 11 is 3.13. The molecule has 3 aromatic rings. The molecule has 0 spiro atoms. The van der Waals surface area contributed by atoms with E-state index in [4.69, 9.17) is 4.74 Å². The molecule has 134 valence electrons. The normalized spacial score (nSPS) is 14.5. The molecule has 4 rings (SSSR count). The standard InChI is InChI=1S/C19H17FN2O2S2/c1-25-15-5-2-12(3-6-15)8-18(23)24-14-10-22(11-14)19-21-16-7-4-13(20)9-17(16)26-19/h2-7,9,14H,8,10-11H2,1H3. The van der Waals surface area contributed by atoms with Crippen LogP contribution in [-0.2, 0) is 16.0 Å². The molecule has 7 heteroatoms. The Hall–Kier alpha value is -2.12. The Morgan fingerprint density at radius 2 is 2.08 bits per heavy atom. The number of nitrogens with zero attached hydrogens (tertiary/aromatic N) is 2. The first kappa shape index (κ1) is 17.3. The minimum atomic E-state index is -0.256. The molecule has 0 aliphatic carbocycles. The van der Waals surface area contributed by atoms with E-state index in [2.05, 4.69) is 4.98 Å². The summed E-state index contributed by atoms with van der Waals surface area (Å²) in [5.74, 6) is -0.466. The molecule has 0 bridgehead atoms. The molecule has 1 saturated heterocycles. The lowest BCUT2D eigenvalue weighted by molar-refractivity contribution is -0.149. The molecule has 0 atom stereocenters. The summed E-state index contributed by atoms with van der Waals surface area (Å²) in [7, 11) is 0. The number of hydrogen-bond acceptors (Lipinski definition) is 6. The van der Waals surface area contributed by atoms with Gasteiger partial charge in [0, 0.05) is 4.90 Å². The van der Waals surface area contributed by atoms with Crippen molar-refractivity contribution in [2.45, 2.75) is 17.4 Å². The van der Waals surface area contributed by atoms with Gasteiger partial charge in [0.25, 0.3) is 0 Å². The predicted molar refractivity (Wildman–Crippen MR) is 104 cm³/mol. The van der Waals surface area contributed by atoms with E-state index in [0.29, 0.717) is 13.1 Å². The molecule has 1 aliphatic heterocycles. The molecule has 1 aromatic heterocycles. The number of fused-ring (bicyclic) bond motifs is 1. The van der Waals surface area contributed by atoms with E-state index >= 15 is 0 Å². The number of rotatable bonds is 5. The number of carbonyl (C=O) groups excluding carboxylic acids is 1. The second-order valence-electron chi connectivity index (χ2n) is 6.15. The first-order valence-electron chi connectivity index (χ1n) is 8.24. The van der Waals surface area contributed by atoms with E-state index in [1.807, 2.05) is 35.4 Å². The number of anilines is 1. The van der Waals surface area contributed by atoms with Gasteiger partial charge in [-0.1, -0.05) is 23.5 Å². The zero-order valence-electron chi connectivity index (χ0n) is 14.1. The van der Waals surface area contributed by atoms with Crippen LogP contribution in [0.3, 0.4) is 0 Å². The van der Waals surface area contributed by atoms with Gasteiger partial charge < -0.3 is 9.64 Å². The molecule has 0 saturated carbocycles. The molecule has 1 fully saturated rings. The van der Waals surface area contributed by atoms with Crippen LogP contribution in [-0.4, -0.2) is 36.4 Å². The molecule has 2 aromatic carbocycles. The van der Waals surface area contributed by atoms with E-state index in [1.165, 1.54) is 28.4 Å². The van der Waals surface area contributed by atoms with Crippen molar-refractivity contribution in [2.75, 3.05) is 24.2 Å². The van der Waals surface area contributed by atoms with Crippen molar-refractivity contribution in [3.8, 4) is 0 Å². The van der Waals surface area contributed by atoms with E-state index in [0.717, 1.165) is 20.9 Å². The molecule has 2 heterocycles. The summed E-state index contributed by atoms with van der Waals surface area (Å²) in [6.07, 6.45) is 2.19. The monoisotopic (exact) mass is 388 g/mol. The number of benzene rings is 2. The van der Waals surface area contributed by atoms with Gasteiger partial charge in [-0.15, -0.1) is 11.8 Å². The minimum Gasteiger partial charge on any atom is -0.458 e. The zero-order valence-corrected chi connectivity index (χ0v) is 15.8. The Kier molecular flexibility index (Phi) is 4.82. The minimum absolute atomic E-state index is 0.114. The largest absolute Gasteiger partial charge is 0.458 e. The van der Waals surface area contributed by atoms with Crippen molar-refractivity contribution in [3.05, 3.63) is 53.8 Å². The van der Waals surface area contributed by atoms with E-state index in [-0.39, 0.29) is 24.3 Å². The van der Waals surface area contributed by atoms with Gasteiger partial charge in [-0.2, -0.15) is 0 Å². The van der Waals surface area contributed by atoms with Gasteiger partial charge in [0.2, 0.25) is 0 Å². The van der Waals surface area contributed by atoms with Crippen molar-refractivity contribution in [1.29, 1.82) is 0 Å². The lowest BCUT2D eigenvalue weighted by Crippen LogP contribution is -2.53. The van der Waals surface area contributed by atoms with Crippen LogP contribution in [0.5, 0.6) is 0 Å². The Balaban J connectivity index is 1.30. The summed E-state index contributed by atoms with van der Waals surface area (Å²) < 4.78 is 19.6. The maximum absolute atomic E-state index is 13.3. The van der Waals surface area contributed by atoms with Crippen LogP contribution < -0.4 is 4.90 Å². The molecule has 0 amide bonds. The second kappa shape index (κ2) is 7.25. The third-order valence-corrected chi connectivity index (χ3v) is 6.09. The Morgan fingerprint density at radius 3 is 2.81 bits per heavy atom. The van der Waals surface area contributed by atoms with Crippen molar-refractivity contribution in [2.24, 2.45) is 0 Å². The molecule has 1 aliphatic rings. The van der Waals surface area contributed by atoms with Gasteiger partial charge in [-0.3, -0.25) is 4.79 Å². The molecular weight excluding hydrogens is 371 g/mol. The molecular formula is C19H17FN2O2S2. The lowest BCUT2D eigenvalue weighted by atomic mass is 10.1. The van der Waals surface area contributed by atoms with Gasteiger partial charge in [0.1, 0.15) is 11.9 Å². The third kappa shape index (κ3) is 3.68. The molecule has 4 nitrogen and oxygen atoms in total. The average Bonchev–Trinajstić information content (AvgIpc) is 3.00. The fourth-order valence-corrected chi connectivity index (χ4v) is 4.24. The van der Waals surface area contributed by atoms with Gasteiger partial charge in [0.05, 0.1) is 29.7 Å². The Labute approximate surface area is 159 Å². The summed E-state index contributed by atoms with van der Waals surface area (Å²) in [6, 6.07) is 12.5. The van der Waals surface area contributed by atoms with Crippen LogP contribution in [0, 0.1) is 5.82 Å². The van der Waals surface area contributed by atoms with Gasteiger partial charge in [0.15, 0.2) is 5.13 Å². The fourth-order valence-electron chi connectivity index (χ4n) is 2.83. The van der Waals surface area contributed by atoms with Crippen LogP contribution in [0.25, 0.3) is 10.2 Å². The highest BCUT2D eigenvalue weighted by atomic mass is 32.2. The van der Waals surface area contributed by atoms with Crippen molar-refractivity contribution in [1.82, 2.24) is 4.98 Å². The van der Waals surface area contributed by atoms with Crippen LogP contribution in [0.2, 0.25) is 0 Å². The maximum atomic E-state index is 13.3. The fraction of sp³-hybridized carbons (Fsp3) is 0.263. The van der Waals surface area contributed by atoms with Crippen LogP contribution in [0.1, 0.15) is 5.56 Å². The van der Waals surface area contributed by atoms with Crippen molar-refractivity contribution >= 4 is 44.4 Å². The topological polar surface area (TPSA) is 42.4 Å². The number of hydrogen-bond donors (Lipinski definition) is 0. The molecule has 0 N–H and O–H groups in total. The third-order valence-electron chi connectivity index (χ3n) is 4.26. The quantitative estimate of drug-likeness (QED) is 0.486. The summed E-state index contributed by atoms with van der Waals surface area (Å²) in [4.78, 5) is 19.8. The highest BCUT2D eigenvalue weighted by molar-refractivity contribution is 7.98. The summed E-state index contributed by atoms with van der Waals surface area (Å²) in [5.41, 5.74) is 1.75. The van der Waals surface area contributed by atoms with Crippen molar-refractivity contribution in [3.63, 3.8) is 0 Å². The highest BCUT2D eigenvalue weighted by Gasteiger charge is 2.32. The summed E-state index contributed by atoms with van der Waals surface area (Å²) in [6.45, 7) is 1.25. The van der Waals surface area contributed by atoms with Crippen LogP contribution in [0.15, 0.2) is 47.4 Å². The lowest BCUT2D eigenvalue weighted by Gasteiger charge is -2.38. The smallest absolute Gasteiger partial charge is 0.310 e. The second-order valence-corrected chi connectivity index (χ2v) is 8.04. The summed E-state index contributed by atoms with van der Waals surface area (Å²) in [5, 5.41) is 0.838. The van der Waals surface area contributed by atoms with Gasteiger partial charge >= 0.3 is 5.97 Å². The highest BCUT2D eigenvalue weighted by Crippen LogP contribution is 2.32. The van der Waals surface area contributed by atoms with E-state index in [9.17, 15) is 9.18 Å². The molecule has 26 heavy (non-hydrogen) atoms. The number of aromatic nitrogens is 1. The first-order chi connectivity index (χ1) is 12.6. The molecule has 0 radical (unpaired) electrons. The Bertz CT molecular complexity index is 936. The number of halogens is 1. The maximum Gasteiger partial charge on any atom is 0.310 e. The van der Waals surface area contributed by atoms with Crippen LogP contribution >= 0.6 is 23.1 Å². The van der Waals surface area contributed by atoms with E-state index < -0.39 is 0 Å². The number of ether oxygens (including phenoxy) is 1. The number of esters is 1.